The molecule has 5 nitrogen and oxygen atoms in total. The van der Waals surface area contributed by atoms with Crippen LogP contribution in [0.2, 0.25) is 0 Å². The lowest BCUT2D eigenvalue weighted by molar-refractivity contribution is -0.145. The molecule has 0 aromatic carbocycles. The zero-order chi connectivity index (χ0) is 13.9. The average Bonchev–Trinajstić information content (AvgIpc) is 2.69. The van der Waals surface area contributed by atoms with Gasteiger partial charge in [-0.2, -0.15) is 18.3 Å². The highest BCUT2D eigenvalue weighted by atomic mass is 19.4. The molecule has 0 unspecified atom stereocenters. The van der Waals surface area contributed by atoms with Gasteiger partial charge in [-0.3, -0.25) is 9.48 Å². The van der Waals surface area contributed by atoms with E-state index in [4.69, 9.17) is 5.11 Å². The summed E-state index contributed by atoms with van der Waals surface area (Å²) in [6.45, 7) is 2.63. The Morgan fingerprint density at radius 2 is 2.17 bits per heavy atom. The van der Waals surface area contributed by atoms with Crippen molar-refractivity contribution in [3.63, 3.8) is 0 Å². The smallest absolute Gasteiger partial charge is 0.395 e. The van der Waals surface area contributed by atoms with Crippen molar-refractivity contribution < 1.29 is 23.1 Å². The Kier molecular flexibility index (Phi) is 4.33. The second-order valence-corrected chi connectivity index (χ2v) is 3.92. The average molecular weight is 265 g/mol. The van der Waals surface area contributed by atoms with Gasteiger partial charge in [0.05, 0.1) is 18.4 Å². The van der Waals surface area contributed by atoms with E-state index in [-0.39, 0.29) is 13.2 Å². The van der Waals surface area contributed by atoms with Gasteiger partial charge in [-0.05, 0) is 13.8 Å². The van der Waals surface area contributed by atoms with E-state index in [2.05, 4.69) is 10.4 Å². The number of carbonyl (C=O) groups excluding carboxylic acids is 1. The van der Waals surface area contributed by atoms with Crippen molar-refractivity contribution in [1.29, 1.82) is 0 Å². The molecule has 0 saturated heterocycles. The molecular formula is C10H14F3N3O2. The van der Waals surface area contributed by atoms with Gasteiger partial charge in [0.1, 0.15) is 0 Å². The van der Waals surface area contributed by atoms with Crippen molar-refractivity contribution in [1.82, 2.24) is 15.1 Å². The summed E-state index contributed by atoms with van der Waals surface area (Å²) in [5.41, 5.74) is -1.61. The van der Waals surface area contributed by atoms with E-state index in [1.54, 1.807) is 0 Å². The number of aliphatic hydroxyl groups is 1. The van der Waals surface area contributed by atoms with Crippen LogP contribution in [0, 0.1) is 0 Å². The molecular weight excluding hydrogens is 251 g/mol. The number of amides is 1. The molecule has 1 amide bonds. The van der Waals surface area contributed by atoms with Crippen LogP contribution >= 0.6 is 0 Å². The number of hydrogen-bond acceptors (Lipinski definition) is 3. The Hall–Kier alpha value is -1.57. The molecule has 1 rings (SSSR count). The van der Waals surface area contributed by atoms with Gasteiger partial charge < -0.3 is 10.4 Å². The van der Waals surface area contributed by atoms with E-state index in [0.29, 0.717) is 0 Å². The van der Waals surface area contributed by atoms with Crippen LogP contribution in [-0.4, -0.2) is 33.9 Å². The molecule has 0 radical (unpaired) electrons. The zero-order valence-electron chi connectivity index (χ0n) is 9.95. The summed E-state index contributed by atoms with van der Waals surface area (Å²) in [6.07, 6.45) is -3.78. The van der Waals surface area contributed by atoms with E-state index >= 15 is 0 Å². The number of alkyl halides is 3. The van der Waals surface area contributed by atoms with Crippen molar-refractivity contribution in [2.75, 3.05) is 13.2 Å². The first kappa shape index (κ1) is 14.5. The Labute approximate surface area is 102 Å². The second-order valence-electron chi connectivity index (χ2n) is 3.92. The van der Waals surface area contributed by atoms with E-state index in [1.165, 1.54) is 13.8 Å². The van der Waals surface area contributed by atoms with Crippen LogP contribution in [0.4, 0.5) is 13.2 Å². The lowest BCUT2D eigenvalue weighted by Gasteiger charge is -2.14. The predicted octanol–water partition coefficient (Wildman–Crippen LogP) is 1.20. The number of hydrogen-bond donors (Lipinski definition) is 2. The Morgan fingerprint density at radius 1 is 1.56 bits per heavy atom. The van der Waals surface area contributed by atoms with Crippen LogP contribution in [0.3, 0.4) is 0 Å². The fraction of sp³-hybridized carbons (Fsp3) is 0.600. The van der Waals surface area contributed by atoms with E-state index in [9.17, 15) is 18.0 Å². The lowest BCUT2D eigenvalue weighted by Crippen LogP contribution is -2.29. The Balaban J connectivity index is 3.17. The lowest BCUT2D eigenvalue weighted by atomic mass is 10.2. The SMILES string of the molecule is CC(C)n1ncc(C(=O)NCCO)c1C(F)(F)F. The van der Waals surface area contributed by atoms with Gasteiger partial charge in [0.25, 0.3) is 5.91 Å². The maximum absolute atomic E-state index is 12.9. The summed E-state index contributed by atoms with van der Waals surface area (Å²) in [5, 5.41) is 14.3. The highest BCUT2D eigenvalue weighted by Crippen LogP contribution is 2.33. The summed E-state index contributed by atoms with van der Waals surface area (Å²) in [5.74, 6) is -0.900. The third-order valence-corrected chi connectivity index (χ3v) is 2.20. The number of carbonyl (C=O) groups is 1. The fourth-order valence-electron chi connectivity index (χ4n) is 1.47. The van der Waals surface area contributed by atoms with Crippen molar-refractivity contribution in [3.8, 4) is 0 Å². The molecule has 8 heteroatoms. The first-order valence-electron chi connectivity index (χ1n) is 5.32. The maximum atomic E-state index is 12.9. The summed E-state index contributed by atoms with van der Waals surface area (Å²) in [4.78, 5) is 11.5. The molecule has 1 heterocycles. The number of nitrogens with one attached hydrogen (secondary N) is 1. The third-order valence-electron chi connectivity index (χ3n) is 2.20. The minimum atomic E-state index is -4.66. The van der Waals surface area contributed by atoms with E-state index in [0.717, 1.165) is 10.9 Å². The molecule has 102 valence electrons. The monoisotopic (exact) mass is 265 g/mol. The van der Waals surface area contributed by atoms with Crippen LogP contribution in [0.1, 0.15) is 35.9 Å². The molecule has 0 fully saturated rings. The third kappa shape index (κ3) is 3.00. The van der Waals surface area contributed by atoms with Crippen molar-refractivity contribution >= 4 is 5.91 Å². The molecule has 0 saturated carbocycles. The number of aromatic nitrogens is 2. The van der Waals surface area contributed by atoms with Crippen molar-refractivity contribution in [3.05, 3.63) is 17.5 Å². The van der Waals surface area contributed by atoms with Gasteiger partial charge in [-0.25, -0.2) is 0 Å². The fourth-order valence-corrected chi connectivity index (χ4v) is 1.47. The quantitative estimate of drug-likeness (QED) is 0.859. The molecule has 0 bridgehead atoms. The molecule has 0 aliphatic carbocycles. The summed E-state index contributed by atoms with van der Waals surface area (Å²) >= 11 is 0. The van der Waals surface area contributed by atoms with Gasteiger partial charge >= 0.3 is 6.18 Å². The van der Waals surface area contributed by atoms with Crippen LogP contribution in [0.15, 0.2) is 6.20 Å². The highest BCUT2D eigenvalue weighted by molar-refractivity contribution is 5.95. The number of rotatable bonds is 4. The second kappa shape index (κ2) is 5.38. The van der Waals surface area contributed by atoms with Gasteiger partial charge in [0.15, 0.2) is 5.69 Å². The largest absolute Gasteiger partial charge is 0.433 e. The normalized spacial score (nSPS) is 11.9. The topological polar surface area (TPSA) is 67.2 Å². The number of halogens is 3. The molecule has 18 heavy (non-hydrogen) atoms. The minimum Gasteiger partial charge on any atom is -0.395 e. The Bertz CT molecular complexity index is 426. The zero-order valence-corrected chi connectivity index (χ0v) is 9.95. The standard InChI is InChI=1S/C10H14F3N3O2/c1-6(2)16-8(10(11,12)13)7(5-15-16)9(18)14-3-4-17/h5-6,17H,3-4H2,1-2H3,(H,14,18). The molecule has 2 N–H and O–H groups in total. The van der Waals surface area contributed by atoms with Gasteiger partial charge in [-0.15, -0.1) is 0 Å². The van der Waals surface area contributed by atoms with E-state index in [1.807, 2.05) is 0 Å². The molecule has 0 spiro atoms. The van der Waals surface area contributed by atoms with Crippen molar-refractivity contribution in [2.45, 2.75) is 26.1 Å². The molecule has 0 atom stereocenters. The minimum absolute atomic E-state index is 0.108. The van der Waals surface area contributed by atoms with Crippen molar-refractivity contribution in [2.24, 2.45) is 0 Å². The Morgan fingerprint density at radius 3 is 2.61 bits per heavy atom. The van der Waals surface area contributed by atoms with E-state index < -0.39 is 29.4 Å². The van der Waals surface area contributed by atoms with Gasteiger partial charge in [0, 0.05) is 12.6 Å². The molecule has 1 aromatic rings. The van der Waals surface area contributed by atoms with Gasteiger partial charge in [0.2, 0.25) is 0 Å². The number of aliphatic hydroxyl groups excluding tert-OH is 1. The summed E-state index contributed by atoms with van der Waals surface area (Å²) in [7, 11) is 0. The van der Waals surface area contributed by atoms with Gasteiger partial charge in [-0.1, -0.05) is 0 Å². The predicted molar refractivity (Wildman–Crippen MR) is 57.0 cm³/mol. The highest BCUT2D eigenvalue weighted by Gasteiger charge is 2.40. The number of nitrogens with zero attached hydrogens (tertiary/aromatic N) is 2. The summed E-state index contributed by atoms with van der Waals surface area (Å²) < 4.78 is 39.4. The van der Waals surface area contributed by atoms with Crippen LogP contribution in [0.5, 0.6) is 0 Å². The molecule has 0 aliphatic rings. The maximum Gasteiger partial charge on any atom is 0.433 e. The first-order chi connectivity index (χ1) is 8.29. The molecule has 0 aliphatic heterocycles. The summed E-state index contributed by atoms with van der Waals surface area (Å²) in [6, 6.07) is -0.513. The van der Waals surface area contributed by atoms with Crippen LogP contribution in [-0.2, 0) is 6.18 Å². The first-order valence-corrected chi connectivity index (χ1v) is 5.32. The van der Waals surface area contributed by atoms with Crippen LogP contribution in [0.25, 0.3) is 0 Å². The van der Waals surface area contributed by atoms with Crippen LogP contribution < -0.4 is 5.32 Å². The molecule has 1 aromatic heterocycles.